The number of aliphatic hydroxyl groups excluding tert-OH is 1. The van der Waals surface area contributed by atoms with Gasteiger partial charge in [0.05, 0.1) is 18.2 Å². The molecule has 6 heteroatoms. The smallest absolute Gasteiger partial charge is 0.290 e. The lowest BCUT2D eigenvalue weighted by Crippen LogP contribution is -2.34. The van der Waals surface area contributed by atoms with Crippen molar-refractivity contribution in [1.29, 1.82) is 0 Å². The number of aromatic nitrogens is 1. The molecule has 1 unspecified atom stereocenters. The molecule has 2 heterocycles. The van der Waals surface area contributed by atoms with Gasteiger partial charge in [-0.3, -0.25) is 14.6 Å². The number of ketones is 1. The maximum absolute atomic E-state index is 12.5. The molecule has 1 aliphatic rings. The Morgan fingerprint density at radius 1 is 1.50 bits per heavy atom. The molecule has 0 fully saturated rings. The Balaban J connectivity index is 2.48. The first-order chi connectivity index (χ1) is 10.5. The van der Waals surface area contributed by atoms with Gasteiger partial charge in [-0.1, -0.05) is 19.9 Å². The molecule has 0 bridgehead atoms. The number of ether oxygens (including phenoxy) is 1. The molecule has 1 aromatic heterocycles. The largest absolute Gasteiger partial charge is 0.503 e. The molecule has 0 aromatic carbocycles. The van der Waals surface area contributed by atoms with Crippen LogP contribution >= 0.6 is 0 Å². The summed E-state index contributed by atoms with van der Waals surface area (Å²) >= 11 is 0. The Hall–Kier alpha value is -2.21. The number of pyridine rings is 1. The second-order valence-electron chi connectivity index (χ2n) is 5.46. The van der Waals surface area contributed by atoms with Gasteiger partial charge in [-0.15, -0.1) is 0 Å². The van der Waals surface area contributed by atoms with Gasteiger partial charge in [0.15, 0.2) is 11.5 Å². The Kier molecular flexibility index (Phi) is 4.92. The molecule has 1 aliphatic heterocycles. The second-order valence-corrected chi connectivity index (χ2v) is 5.46. The zero-order chi connectivity index (χ0) is 16.3. The number of carbonyl (C=O) groups is 2. The third-order valence-corrected chi connectivity index (χ3v) is 3.63. The van der Waals surface area contributed by atoms with Crippen molar-refractivity contribution in [3.05, 3.63) is 41.4 Å². The summed E-state index contributed by atoms with van der Waals surface area (Å²) in [7, 11) is 1.53. The highest BCUT2D eigenvalue weighted by molar-refractivity contribution is 6.09. The molecule has 0 aliphatic carbocycles. The number of aliphatic hydroxyl groups is 1. The summed E-state index contributed by atoms with van der Waals surface area (Å²) < 4.78 is 5.02. The van der Waals surface area contributed by atoms with Crippen LogP contribution in [0.15, 0.2) is 35.9 Å². The van der Waals surface area contributed by atoms with E-state index in [1.54, 1.807) is 38.4 Å². The van der Waals surface area contributed by atoms with E-state index in [0.717, 1.165) is 0 Å². The molecular formula is C16H20N2O4. The van der Waals surface area contributed by atoms with Gasteiger partial charge >= 0.3 is 0 Å². The highest BCUT2D eigenvalue weighted by Crippen LogP contribution is 2.38. The normalized spacial score (nSPS) is 18.5. The van der Waals surface area contributed by atoms with Crippen molar-refractivity contribution < 1.29 is 19.4 Å². The van der Waals surface area contributed by atoms with Crippen molar-refractivity contribution in [2.75, 3.05) is 20.3 Å². The number of rotatable bonds is 6. The van der Waals surface area contributed by atoms with Crippen LogP contribution in [0.2, 0.25) is 0 Å². The quantitative estimate of drug-likeness (QED) is 0.864. The lowest BCUT2D eigenvalue weighted by atomic mass is 9.92. The summed E-state index contributed by atoms with van der Waals surface area (Å²) in [6, 6.07) is 2.91. The van der Waals surface area contributed by atoms with Crippen LogP contribution in [0.1, 0.15) is 25.5 Å². The molecule has 118 valence electrons. The average molecular weight is 304 g/mol. The number of methoxy groups -OCH3 is 1. The predicted octanol–water partition coefficient (Wildman–Crippen LogP) is 1.65. The zero-order valence-corrected chi connectivity index (χ0v) is 12.9. The van der Waals surface area contributed by atoms with Gasteiger partial charge in [0.1, 0.15) is 0 Å². The highest BCUT2D eigenvalue weighted by Gasteiger charge is 2.43. The number of Topliss-reactive ketones (excluding diaryl/α,β-unsaturated/α-hetero) is 1. The summed E-state index contributed by atoms with van der Waals surface area (Å²) in [6.07, 6.45) is 3.22. The summed E-state index contributed by atoms with van der Waals surface area (Å²) in [4.78, 5) is 30.3. The van der Waals surface area contributed by atoms with Crippen molar-refractivity contribution in [2.45, 2.75) is 19.9 Å². The minimum Gasteiger partial charge on any atom is -0.503 e. The number of amides is 1. The van der Waals surface area contributed by atoms with Crippen molar-refractivity contribution in [3.63, 3.8) is 0 Å². The highest BCUT2D eigenvalue weighted by atomic mass is 16.5. The van der Waals surface area contributed by atoms with Crippen molar-refractivity contribution in [1.82, 2.24) is 9.88 Å². The lowest BCUT2D eigenvalue weighted by molar-refractivity contribution is -0.130. The van der Waals surface area contributed by atoms with Gasteiger partial charge in [-0.2, -0.15) is 0 Å². The van der Waals surface area contributed by atoms with E-state index in [-0.39, 0.29) is 23.8 Å². The van der Waals surface area contributed by atoms with E-state index < -0.39 is 17.7 Å². The molecule has 1 aromatic rings. The standard InChI is InChI=1S/C16H20N2O4/c1-10(2)14(19)12-13(11-5-4-6-17-9-11)18(7-8-22-3)16(21)15(12)20/h4-6,9-10,13,20H,7-8H2,1-3H3. The molecule has 1 atom stereocenters. The Labute approximate surface area is 129 Å². The molecule has 0 radical (unpaired) electrons. The summed E-state index contributed by atoms with van der Waals surface area (Å²) in [6.45, 7) is 4.09. The maximum Gasteiger partial charge on any atom is 0.290 e. The van der Waals surface area contributed by atoms with Crippen LogP contribution in [0.5, 0.6) is 0 Å². The monoisotopic (exact) mass is 304 g/mol. The average Bonchev–Trinajstić information content (AvgIpc) is 2.77. The molecular weight excluding hydrogens is 284 g/mol. The maximum atomic E-state index is 12.5. The van der Waals surface area contributed by atoms with Crippen molar-refractivity contribution >= 4 is 11.7 Å². The van der Waals surface area contributed by atoms with E-state index in [1.807, 2.05) is 0 Å². The van der Waals surface area contributed by atoms with E-state index in [2.05, 4.69) is 4.98 Å². The predicted molar refractivity (Wildman–Crippen MR) is 80.1 cm³/mol. The van der Waals surface area contributed by atoms with Crippen molar-refractivity contribution in [3.8, 4) is 0 Å². The molecule has 0 saturated carbocycles. The second kappa shape index (κ2) is 6.70. The summed E-state index contributed by atoms with van der Waals surface area (Å²) in [5.74, 6) is -1.57. The number of carbonyl (C=O) groups excluding carboxylic acids is 2. The topological polar surface area (TPSA) is 79.7 Å². The molecule has 22 heavy (non-hydrogen) atoms. The van der Waals surface area contributed by atoms with Gasteiger partial charge < -0.3 is 14.7 Å². The van der Waals surface area contributed by atoms with E-state index in [1.165, 1.54) is 12.0 Å². The fraction of sp³-hybridized carbons (Fsp3) is 0.438. The zero-order valence-electron chi connectivity index (χ0n) is 12.9. The van der Waals surface area contributed by atoms with Crippen LogP contribution in [-0.2, 0) is 14.3 Å². The SMILES string of the molecule is COCCN1C(=O)C(O)=C(C(=O)C(C)C)C1c1cccnc1. The first-order valence-electron chi connectivity index (χ1n) is 7.16. The minimum absolute atomic E-state index is 0.143. The van der Waals surface area contributed by atoms with E-state index >= 15 is 0 Å². The van der Waals surface area contributed by atoms with Gasteiger partial charge in [0, 0.05) is 32.0 Å². The van der Waals surface area contributed by atoms with E-state index in [4.69, 9.17) is 4.74 Å². The fourth-order valence-electron chi connectivity index (χ4n) is 2.52. The molecule has 2 rings (SSSR count). The molecule has 6 nitrogen and oxygen atoms in total. The Morgan fingerprint density at radius 2 is 2.23 bits per heavy atom. The van der Waals surface area contributed by atoms with Crippen LogP contribution in [0.4, 0.5) is 0 Å². The number of hydrogen-bond acceptors (Lipinski definition) is 5. The van der Waals surface area contributed by atoms with Gasteiger partial charge in [0.2, 0.25) is 0 Å². The molecule has 1 amide bonds. The van der Waals surface area contributed by atoms with Crippen LogP contribution in [-0.4, -0.2) is 46.9 Å². The van der Waals surface area contributed by atoms with Crippen LogP contribution in [0.3, 0.4) is 0 Å². The molecule has 1 N–H and O–H groups in total. The summed E-state index contributed by atoms with van der Waals surface area (Å²) in [5.41, 5.74) is 0.837. The first kappa shape index (κ1) is 16.2. The molecule has 0 saturated heterocycles. The Morgan fingerprint density at radius 3 is 2.77 bits per heavy atom. The van der Waals surface area contributed by atoms with E-state index in [0.29, 0.717) is 12.2 Å². The minimum atomic E-state index is -0.619. The third kappa shape index (κ3) is 2.87. The van der Waals surface area contributed by atoms with Crippen molar-refractivity contribution in [2.24, 2.45) is 5.92 Å². The van der Waals surface area contributed by atoms with Gasteiger partial charge in [0.25, 0.3) is 5.91 Å². The first-order valence-corrected chi connectivity index (χ1v) is 7.16. The van der Waals surface area contributed by atoms with Crippen LogP contribution < -0.4 is 0 Å². The number of hydrogen-bond donors (Lipinski definition) is 1. The lowest BCUT2D eigenvalue weighted by Gasteiger charge is -2.26. The van der Waals surface area contributed by atoms with Gasteiger partial charge in [-0.25, -0.2) is 0 Å². The molecule has 0 spiro atoms. The van der Waals surface area contributed by atoms with Gasteiger partial charge in [-0.05, 0) is 11.6 Å². The summed E-state index contributed by atoms with van der Waals surface area (Å²) in [5, 5.41) is 10.2. The number of nitrogens with zero attached hydrogens (tertiary/aromatic N) is 2. The third-order valence-electron chi connectivity index (χ3n) is 3.63. The van der Waals surface area contributed by atoms with E-state index in [9.17, 15) is 14.7 Å². The fourth-order valence-corrected chi connectivity index (χ4v) is 2.52. The van der Waals surface area contributed by atoms with Crippen LogP contribution in [0, 0.1) is 5.92 Å². The van der Waals surface area contributed by atoms with Crippen LogP contribution in [0.25, 0.3) is 0 Å². The Bertz CT molecular complexity index is 595.